The van der Waals surface area contributed by atoms with Crippen molar-refractivity contribution in [1.29, 1.82) is 0 Å². The predicted molar refractivity (Wildman–Crippen MR) is 69.8 cm³/mol. The largest absolute Gasteiger partial charge is 0.464 e. The van der Waals surface area contributed by atoms with Crippen LogP contribution in [0.5, 0.6) is 0 Å². The van der Waals surface area contributed by atoms with E-state index in [2.05, 4.69) is 19.7 Å². The first-order valence-electron chi connectivity index (χ1n) is 6.01. The summed E-state index contributed by atoms with van der Waals surface area (Å²) in [6.07, 6.45) is -0.769. The van der Waals surface area contributed by atoms with Crippen molar-refractivity contribution in [1.82, 2.24) is 5.32 Å². The molecule has 2 unspecified atom stereocenters. The number of aliphatic hydroxyl groups excluding tert-OH is 1. The molecule has 2 N–H and O–H groups in total. The highest BCUT2D eigenvalue weighted by Crippen LogP contribution is 2.39. The zero-order valence-corrected chi connectivity index (χ0v) is 12.5. The lowest BCUT2D eigenvalue weighted by Crippen LogP contribution is -2.25. The lowest BCUT2D eigenvalue weighted by Gasteiger charge is -2.18. The van der Waals surface area contributed by atoms with Gasteiger partial charge in [0, 0.05) is 13.1 Å². The molecule has 0 aromatic carbocycles. The Morgan fingerprint density at radius 3 is 2.62 bits per heavy atom. The second-order valence-electron chi connectivity index (χ2n) is 3.35. The topological polar surface area (TPSA) is 122 Å². The number of nitrogens with one attached hydrogen (secondary N) is 1. The Morgan fingerprint density at radius 1 is 1.19 bits per heavy atom. The summed E-state index contributed by atoms with van der Waals surface area (Å²) < 4.78 is 24.4. The third kappa shape index (κ3) is 12.6. The summed E-state index contributed by atoms with van der Waals surface area (Å²) >= 11 is 0. The van der Waals surface area contributed by atoms with Gasteiger partial charge in [-0.3, -0.25) is 9.59 Å². The molecule has 11 heteroatoms. The molecule has 0 saturated heterocycles. The minimum absolute atomic E-state index is 0.0290. The molecule has 0 bridgehead atoms. The van der Waals surface area contributed by atoms with E-state index >= 15 is 0 Å². The van der Waals surface area contributed by atoms with Gasteiger partial charge in [0.15, 0.2) is 6.10 Å². The van der Waals surface area contributed by atoms with E-state index in [4.69, 9.17) is 18.8 Å². The number of carbonyl (C=O) groups excluding carboxylic acids is 2. The average Bonchev–Trinajstić information content (AvgIpc) is 2.49. The highest BCUT2D eigenvalue weighted by molar-refractivity contribution is 7.41. The number of aliphatic hydroxyl groups is 1. The fraction of sp³-hybridized carbons (Fsp3) is 0.800. The molecule has 124 valence electrons. The van der Waals surface area contributed by atoms with E-state index in [9.17, 15) is 9.59 Å². The van der Waals surface area contributed by atoms with Gasteiger partial charge in [0.25, 0.3) is 12.9 Å². The normalized spacial score (nSPS) is 13.4. The van der Waals surface area contributed by atoms with Gasteiger partial charge in [-0.25, -0.2) is 4.89 Å². The first-order valence-corrected chi connectivity index (χ1v) is 7.10. The van der Waals surface area contributed by atoms with Crippen LogP contribution in [-0.4, -0.2) is 70.8 Å². The summed E-state index contributed by atoms with van der Waals surface area (Å²) in [5, 5.41) is 11.5. The molecule has 21 heavy (non-hydrogen) atoms. The SMILES string of the molecule is COOP(OCCNCCO)OCC(COC=O)OC=O. The molecule has 0 aliphatic rings. The molecule has 0 heterocycles. The fourth-order valence-corrected chi connectivity index (χ4v) is 1.84. The monoisotopic (exact) mass is 329 g/mol. The fourth-order valence-electron chi connectivity index (χ4n) is 1.03. The number of hydrogen-bond acceptors (Lipinski definition) is 10. The van der Waals surface area contributed by atoms with E-state index in [-0.39, 0.29) is 39.4 Å². The van der Waals surface area contributed by atoms with Crippen LogP contribution in [0.1, 0.15) is 0 Å². The smallest absolute Gasteiger partial charge is 0.363 e. The van der Waals surface area contributed by atoms with E-state index in [0.29, 0.717) is 13.1 Å². The Kier molecular flexibility index (Phi) is 14.9. The van der Waals surface area contributed by atoms with Gasteiger partial charge < -0.3 is 28.9 Å². The maximum Gasteiger partial charge on any atom is 0.363 e. The van der Waals surface area contributed by atoms with Crippen LogP contribution < -0.4 is 5.32 Å². The van der Waals surface area contributed by atoms with Crippen LogP contribution >= 0.6 is 8.60 Å². The molecule has 0 aromatic heterocycles. The zero-order valence-electron chi connectivity index (χ0n) is 11.6. The van der Waals surface area contributed by atoms with Crippen LogP contribution in [-0.2, 0) is 37.7 Å². The standard InChI is InChI=1S/C10H20NO9P/c1-15-20-21(18-5-3-11-2-4-12)19-7-10(17-9-14)6-16-8-13/h8-12H,2-7H2,1H3. The van der Waals surface area contributed by atoms with Crippen LogP contribution in [0.2, 0.25) is 0 Å². The van der Waals surface area contributed by atoms with Crippen molar-refractivity contribution in [3.05, 3.63) is 0 Å². The van der Waals surface area contributed by atoms with E-state index in [1.54, 1.807) is 0 Å². The van der Waals surface area contributed by atoms with Crippen molar-refractivity contribution >= 4 is 21.5 Å². The van der Waals surface area contributed by atoms with Crippen molar-refractivity contribution < 1.29 is 42.8 Å². The quantitative estimate of drug-likeness (QED) is 0.121. The van der Waals surface area contributed by atoms with Gasteiger partial charge in [-0.05, 0) is 0 Å². The number of hydrogen-bond donors (Lipinski definition) is 2. The number of rotatable bonds is 16. The van der Waals surface area contributed by atoms with Crippen molar-refractivity contribution in [3.63, 3.8) is 0 Å². The van der Waals surface area contributed by atoms with Crippen LogP contribution in [0, 0.1) is 0 Å². The second kappa shape index (κ2) is 15.5. The number of carbonyl (C=O) groups is 2. The maximum absolute atomic E-state index is 10.3. The highest BCUT2D eigenvalue weighted by atomic mass is 31.2. The first-order chi connectivity index (χ1) is 10.3. The van der Waals surface area contributed by atoms with E-state index < -0.39 is 14.7 Å². The minimum Gasteiger partial charge on any atom is -0.464 e. The third-order valence-corrected chi connectivity index (χ3v) is 2.89. The van der Waals surface area contributed by atoms with Crippen molar-refractivity contribution in [2.24, 2.45) is 0 Å². The summed E-state index contributed by atoms with van der Waals surface area (Å²) in [6.45, 7) is 1.45. The predicted octanol–water partition coefficient (Wildman–Crippen LogP) is -0.879. The summed E-state index contributed by atoms with van der Waals surface area (Å²) in [6, 6.07) is 0. The summed E-state index contributed by atoms with van der Waals surface area (Å²) in [7, 11) is -0.512. The van der Waals surface area contributed by atoms with Crippen molar-refractivity contribution in [3.8, 4) is 0 Å². The van der Waals surface area contributed by atoms with Gasteiger partial charge in [-0.1, -0.05) is 0 Å². The van der Waals surface area contributed by atoms with Gasteiger partial charge in [-0.2, -0.15) is 4.67 Å². The summed E-state index contributed by atoms with van der Waals surface area (Å²) in [5.41, 5.74) is 0. The molecule has 0 aromatic rings. The van der Waals surface area contributed by atoms with E-state index in [1.807, 2.05) is 0 Å². The van der Waals surface area contributed by atoms with Gasteiger partial charge >= 0.3 is 8.60 Å². The van der Waals surface area contributed by atoms with E-state index in [0.717, 1.165) is 0 Å². The van der Waals surface area contributed by atoms with Gasteiger partial charge in [0.1, 0.15) is 6.61 Å². The minimum atomic E-state index is -1.80. The average molecular weight is 329 g/mol. The Bertz CT molecular complexity index is 259. The van der Waals surface area contributed by atoms with Crippen molar-refractivity contribution in [2.75, 3.05) is 46.6 Å². The highest BCUT2D eigenvalue weighted by Gasteiger charge is 2.18. The molecule has 0 fully saturated rings. The molecule has 2 atom stereocenters. The Labute approximate surface area is 123 Å². The molecule has 0 saturated carbocycles. The van der Waals surface area contributed by atoms with Crippen LogP contribution in [0.4, 0.5) is 0 Å². The Hall–Kier alpha value is -0.870. The Morgan fingerprint density at radius 2 is 2.00 bits per heavy atom. The molecular weight excluding hydrogens is 309 g/mol. The van der Waals surface area contributed by atoms with Crippen molar-refractivity contribution in [2.45, 2.75) is 6.10 Å². The maximum atomic E-state index is 10.3. The zero-order chi connectivity index (χ0) is 15.8. The van der Waals surface area contributed by atoms with Crippen LogP contribution in [0.25, 0.3) is 0 Å². The molecule has 0 spiro atoms. The Balaban J connectivity index is 3.96. The van der Waals surface area contributed by atoms with Crippen LogP contribution in [0.3, 0.4) is 0 Å². The molecule has 0 amide bonds. The molecule has 0 rings (SSSR count). The van der Waals surface area contributed by atoms with Gasteiger partial charge in [-0.15, -0.1) is 0 Å². The molecule has 0 aliphatic carbocycles. The second-order valence-corrected chi connectivity index (χ2v) is 4.46. The summed E-state index contributed by atoms with van der Waals surface area (Å²) in [5.74, 6) is 0. The summed E-state index contributed by atoms with van der Waals surface area (Å²) in [4.78, 5) is 24.9. The van der Waals surface area contributed by atoms with E-state index in [1.165, 1.54) is 7.11 Å². The molecule has 0 aliphatic heterocycles. The molecule has 0 radical (unpaired) electrons. The lowest BCUT2D eigenvalue weighted by atomic mass is 10.4. The number of ether oxygens (including phenoxy) is 2. The molecule has 10 nitrogen and oxygen atoms in total. The molecular formula is C10H20NO9P. The first kappa shape index (κ1) is 20.1. The third-order valence-electron chi connectivity index (χ3n) is 1.86. The van der Waals surface area contributed by atoms with Crippen LogP contribution in [0.15, 0.2) is 0 Å². The van der Waals surface area contributed by atoms with Gasteiger partial charge in [0.2, 0.25) is 0 Å². The lowest BCUT2D eigenvalue weighted by molar-refractivity contribution is -0.192. The van der Waals surface area contributed by atoms with Gasteiger partial charge in [0.05, 0.1) is 26.9 Å².